The summed E-state index contributed by atoms with van der Waals surface area (Å²) in [4.78, 5) is 21.8. The van der Waals surface area contributed by atoms with E-state index in [9.17, 15) is 10.1 Å². The minimum atomic E-state index is -0.351. The first-order valence-electron chi connectivity index (χ1n) is 7.91. The highest BCUT2D eigenvalue weighted by Crippen LogP contribution is 2.44. The molecule has 1 amide bonds. The van der Waals surface area contributed by atoms with Gasteiger partial charge in [-0.3, -0.25) is 9.78 Å². The lowest BCUT2D eigenvalue weighted by molar-refractivity contribution is 0.102. The van der Waals surface area contributed by atoms with Gasteiger partial charge in [0.25, 0.3) is 5.91 Å². The van der Waals surface area contributed by atoms with Gasteiger partial charge in [-0.2, -0.15) is 5.26 Å². The number of nitrogens with one attached hydrogen (secondary N) is 1. The van der Waals surface area contributed by atoms with E-state index in [1.165, 1.54) is 23.1 Å². The van der Waals surface area contributed by atoms with Crippen LogP contribution < -0.4 is 5.32 Å². The van der Waals surface area contributed by atoms with Crippen LogP contribution in [0.25, 0.3) is 11.1 Å². The number of hydrogen-bond donors (Lipinski definition) is 1. The minimum Gasteiger partial charge on any atom is -0.311 e. The average molecular weight is 346 g/mol. The van der Waals surface area contributed by atoms with E-state index in [1.807, 2.05) is 25.1 Å². The fraction of sp³-hybridized carbons (Fsp3) is 0.158. The fourth-order valence-corrected chi connectivity index (χ4v) is 4.20. The summed E-state index contributed by atoms with van der Waals surface area (Å²) in [5, 5.41) is 13.1. The lowest BCUT2D eigenvalue weighted by Crippen LogP contribution is -2.14. The molecule has 0 unspecified atom stereocenters. The van der Waals surface area contributed by atoms with Crippen molar-refractivity contribution in [3.8, 4) is 17.2 Å². The maximum Gasteiger partial charge on any atom is 0.276 e. The molecular formula is C19H14N4OS. The van der Waals surface area contributed by atoms with Gasteiger partial charge in [-0.25, -0.2) is 4.98 Å². The number of hydrogen-bond acceptors (Lipinski definition) is 5. The third-order valence-corrected chi connectivity index (χ3v) is 5.41. The van der Waals surface area contributed by atoms with Crippen LogP contribution in [0.1, 0.15) is 32.2 Å². The molecule has 1 aliphatic carbocycles. The van der Waals surface area contributed by atoms with Gasteiger partial charge in [0, 0.05) is 16.6 Å². The van der Waals surface area contributed by atoms with Crippen molar-refractivity contribution in [2.45, 2.75) is 19.8 Å². The Morgan fingerprint density at radius 3 is 2.84 bits per heavy atom. The molecule has 1 aromatic carbocycles. The Morgan fingerprint density at radius 2 is 2.08 bits per heavy atom. The topological polar surface area (TPSA) is 78.7 Å². The number of rotatable bonds is 2. The lowest BCUT2D eigenvalue weighted by atomic mass is 9.88. The van der Waals surface area contributed by atoms with Crippen molar-refractivity contribution < 1.29 is 4.79 Å². The molecule has 1 N–H and O–H groups in total. The van der Waals surface area contributed by atoms with Crippen LogP contribution in [0.2, 0.25) is 0 Å². The monoisotopic (exact) mass is 346 g/mol. The van der Waals surface area contributed by atoms with Crippen molar-refractivity contribution in [2.75, 3.05) is 5.32 Å². The fourth-order valence-electron chi connectivity index (χ4n) is 3.04. The Balaban J connectivity index is 1.73. The molecule has 5 nitrogen and oxygen atoms in total. The van der Waals surface area contributed by atoms with Crippen LogP contribution in [-0.4, -0.2) is 15.9 Å². The predicted octanol–water partition coefficient (Wildman–Crippen LogP) is 3.74. The van der Waals surface area contributed by atoms with Crippen molar-refractivity contribution in [1.82, 2.24) is 9.97 Å². The molecule has 122 valence electrons. The number of anilines is 1. The van der Waals surface area contributed by atoms with Crippen LogP contribution in [-0.2, 0) is 12.8 Å². The van der Waals surface area contributed by atoms with Crippen LogP contribution in [0, 0.1) is 18.3 Å². The molecule has 4 rings (SSSR count). The molecule has 0 aliphatic heterocycles. The number of thiophene rings is 1. The summed E-state index contributed by atoms with van der Waals surface area (Å²) >= 11 is 1.47. The molecule has 0 saturated carbocycles. The smallest absolute Gasteiger partial charge is 0.276 e. The van der Waals surface area contributed by atoms with Crippen LogP contribution >= 0.6 is 11.3 Å². The third kappa shape index (κ3) is 2.69. The molecule has 6 heteroatoms. The number of nitriles is 1. The summed E-state index contributed by atoms with van der Waals surface area (Å²) in [5.74, 6) is -0.351. The summed E-state index contributed by atoms with van der Waals surface area (Å²) < 4.78 is 0. The summed E-state index contributed by atoms with van der Waals surface area (Å²) in [6.45, 7) is 1.81. The highest BCUT2D eigenvalue weighted by atomic mass is 32.1. The normalized spacial score (nSPS) is 12.0. The molecule has 0 radical (unpaired) electrons. The zero-order valence-electron chi connectivity index (χ0n) is 13.5. The van der Waals surface area contributed by atoms with E-state index >= 15 is 0 Å². The van der Waals surface area contributed by atoms with Gasteiger partial charge in [0.2, 0.25) is 0 Å². The van der Waals surface area contributed by atoms with Gasteiger partial charge in [0.15, 0.2) is 0 Å². The van der Waals surface area contributed by atoms with E-state index in [0.29, 0.717) is 10.6 Å². The first kappa shape index (κ1) is 15.5. The number of benzene rings is 1. The van der Waals surface area contributed by atoms with Gasteiger partial charge in [-0.1, -0.05) is 24.3 Å². The van der Waals surface area contributed by atoms with Crippen molar-refractivity contribution in [3.63, 3.8) is 0 Å². The molecule has 3 aromatic rings. The van der Waals surface area contributed by atoms with Gasteiger partial charge in [0.1, 0.15) is 16.8 Å². The number of amides is 1. The van der Waals surface area contributed by atoms with Gasteiger partial charge < -0.3 is 5.32 Å². The molecule has 0 fully saturated rings. The van der Waals surface area contributed by atoms with Crippen molar-refractivity contribution in [3.05, 3.63) is 64.1 Å². The molecule has 0 bridgehead atoms. The predicted molar refractivity (Wildman–Crippen MR) is 96.6 cm³/mol. The summed E-state index contributed by atoms with van der Waals surface area (Å²) in [5.41, 5.74) is 4.80. The third-order valence-electron chi connectivity index (χ3n) is 4.24. The zero-order chi connectivity index (χ0) is 17.4. The van der Waals surface area contributed by atoms with E-state index < -0.39 is 0 Å². The highest BCUT2D eigenvalue weighted by Gasteiger charge is 2.25. The Hall–Kier alpha value is -3.04. The van der Waals surface area contributed by atoms with E-state index in [4.69, 9.17) is 0 Å². The molecule has 0 saturated heterocycles. The molecule has 25 heavy (non-hydrogen) atoms. The maximum atomic E-state index is 12.4. The lowest BCUT2D eigenvalue weighted by Gasteiger charge is -2.16. The average Bonchev–Trinajstić information content (AvgIpc) is 2.99. The second-order valence-corrected chi connectivity index (χ2v) is 6.98. The van der Waals surface area contributed by atoms with Crippen molar-refractivity contribution >= 4 is 22.2 Å². The Bertz CT molecular complexity index is 1010. The quantitative estimate of drug-likeness (QED) is 0.767. The van der Waals surface area contributed by atoms with E-state index in [1.54, 1.807) is 6.20 Å². The van der Waals surface area contributed by atoms with Gasteiger partial charge in [-0.15, -0.1) is 11.3 Å². The molecule has 0 atom stereocenters. The first-order chi connectivity index (χ1) is 12.2. The van der Waals surface area contributed by atoms with Gasteiger partial charge in [-0.05, 0) is 30.9 Å². The van der Waals surface area contributed by atoms with Crippen molar-refractivity contribution in [2.24, 2.45) is 0 Å². The van der Waals surface area contributed by atoms with Crippen molar-refractivity contribution in [1.29, 1.82) is 5.26 Å². The summed E-state index contributed by atoms with van der Waals surface area (Å²) in [6.07, 6.45) is 4.83. The second-order valence-electron chi connectivity index (χ2n) is 5.87. The number of fused-ring (bicyclic) bond motifs is 3. The number of carbonyl (C=O) groups excluding carboxylic acids is 1. The number of aryl methyl sites for hydroxylation is 3. The molecule has 2 heterocycles. The van der Waals surface area contributed by atoms with E-state index in [2.05, 4.69) is 27.4 Å². The van der Waals surface area contributed by atoms with Gasteiger partial charge >= 0.3 is 0 Å². The summed E-state index contributed by atoms with van der Waals surface area (Å²) in [7, 11) is 0. The van der Waals surface area contributed by atoms with Crippen LogP contribution in [0.3, 0.4) is 0 Å². The number of carbonyl (C=O) groups is 1. The first-order valence-corrected chi connectivity index (χ1v) is 8.73. The molecule has 2 aromatic heterocycles. The van der Waals surface area contributed by atoms with Gasteiger partial charge in [0.05, 0.1) is 17.5 Å². The second kappa shape index (κ2) is 6.11. The Labute approximate surface area is 149 Å². The SMILES string of the molecule is Cc1cnc(C(=O)Nc2sc3c(c2C#N)-c2ccccc2CC3)cn1. The molecule has 1 aliphatic rings. The molecular weight excluding hydrogens is 332 g/mol. The standard InChI is InChI=1S/C19H14N4OS/c1-11-9-22-15(10-21-11)18(24)23-19-14(8-20)17-13-5-3-2-4-12(13)6-7-16(17)25-19/h2-5,9-10H,6-7H2,1H3,(H,23,24). The number of aromatic nitrogens is 2. The highest BCUT2D eigenvalue weighted by molar-refractivity contribution is 7.17. The number of nitrogens with zero attached hydrogens (tertiary/aromatic N) is 3. The minimum absolute atomic E-state index is 0.237. The zero-order valence-corrected chi connectivity index (χ0v) is 14.4. The molecule has 0 spiro atoms. The Kier molecular flexibility index (Phi) is 3.79. The Morgan fingerprint density at radius 1 is 1.24 bits per heavy atom. The van der Waals surface area contributed by atoms with E-state index in [0.717, 1.165) is 34.5 Å². The largest absolute Gasteiger partial charge is 0.311 e. The maximum absolute atomic E-state index is 12.4. The van der Waals surface area contributed by atoms with Crippen LogP contribution in [0.4, 0.5) is 5.00 Å². The van der Waals surface area contributed by atoms with E-state index in [-0.39, 0.29) is 11.6 Å². The summed E-state index contributed by atoms with van der Waals surface area (Å²) in [6, 6.07) is 10.4. The van der Waals surface area contributed by atoms with Crippen LogP contribution in [0.5, 0.6) is 0 Å². The van der Waals surface area contributed by atoms with Crippen LogP contribution in [0.15, 0.2) is 36.7 Å².